The van der Waals surface area contributed by atoms with E-state index in [2.05, 4.69) is 45.2 Å². The van der Waals surface area contributed by atoms with Crippen LogP contribution in [0.5, 0.6) is 0 Å². The molecule has 3 amide bonds. The number of benzene rings is 1. The molecule has 1 aromatic rings. The van der Waals surface area contributed by atoms with Crippen molar-refractivity contribution in [3.8, 4) is 11.8 Å². The lowest BCUT2D eigenvalue weighted by Crippen LogP contribution is -2.51. The Morgan fingerprint density at radius 3 is 2.59 bits per heavy atom. The summed E-state index contributed by atoms with van der Waals surface area (Å²) in [4.78, 5) is 39.2. The lowest BCUT2D eigenvalue weighted by atomic mass is 10.1. The molecule has 1 aliphatic rings. The Labute approximate surface area is 234 Å². The zero-order valence-corrected chi connectivity index (χ0v) is 24.8. The summed E-state index contributed by atoms with van der Waals surface area (Å²) < 4.78 is 0. The summed E-state index contributed by atoms with van der Waals surface area (Å²) >= 11 is 5.05. The number of carboxylic acid groups (broad SMARTS) is 1. The van der Waals surface area contributed by atoms with Gasteiger partial charge >= 0.3 is 12.0 Å². The highest BCUT2D eigenvalue weighted by molar-refractivity contribution is 9.09. The minimum atomic E-state index is -1.12. The molecule has 0 saturated carbocycles. The van der Waals surface area contributed by atoms with Crippen molar-refractivity contribution in [2.75, 3.05) is 18.1 Å². The van der Waals surface area contributed by atoms with Gasteiger partial charge < -0.3 is 10.4 Å². The van der Waals surface area contributed by atoms with Gasteiger partial charge in [0.2, 0.25) is 0 Å². The first-order valence-electron chi connectivity index (χ1n) is 12.8. The maximum atomic E-state index is 13.2. The van der Waals surface area contributed by atoms with Crippen LogP contribution in [0, 0.1) is 17.8 Å². The number of amides is 3. The number of carbonyl (C=O) groups excluding carboxylic acids is 2. The first-order chi connectivity index (χ1) is 17.7. The molecule has 2 atom stereocenters. The van der Waals surface area contributed by atoms with Crippen LogP contribution in [-0.2, 0) is 4.79 Å². The molecule has 0 aliphatic heterocycles. The molecule has 0 radical (unpaired) electrons. The number of imide groups is 1. The van der Waals surface area contributed by atoms with Gasteiger partial charge in [0.25, 0.3) is 5.91 Å². The van der Waals surface area contributed by atoms with Crippen LogP contribution in [0.2, 0.25) is 0 Å². The van der Waals surface area contributed by atoms with Gasteiger partial charge in [-0.1, -0.05) is 80.6 Å². The molecule has 0 saturated heterocycles. The number of rotatable bonds is 9. The number of nitrogens with one attached hydrogen (secondary N) is 1. The van der Waals surface area contributed by atoms with Crippen LogP contribution in [0.1, 0.15) is 69.8 Å². The van der Waals surface area contributed by atoms with Crippen LogP contribution in [0.25, 0.3) is 0 Å². The summed E-state index contributed by atoms with van der Waals surface area (Å²) in [5, 5.41) is 12.0. The molecule has 0 spiro atoms. The highest BCUT2D eigenvalue weighted by Crippen LogP contribution is 2.17. The number of aliphatic carboxylic acids is 1. The summed E-state index contributed by atoms with van der Waals surface area (Å²) in [7, 11) is 0. The minimum Gasteiger partial charge on any atom is -0.480 e. The number of carboxylic acids is 1. The summed E-state index contributed by atoms with van der Waals surface area (Å²) in [5.41, 5.74) is 1.91. The molecule has 1 aliphatic carbocycles. The van der Waals surface area contributed by atoms with Crippen molar-refractivity contribution in [3.05, 3.63) is 59.2 Å². The maximum Gasteiger partial charge on any atom is 0.327 e. The van der Waals surface area contributed by atoms with Crippen LogP contribution in [0.3, 0.4) is 0 Å². The third kappa shape index (κ3) is 12.1. The standard InChI is InChI=1S/C27H33BrN2O4S.C2H6/c1-4-15-30(27(34)29-24(26(32)33)18-35-17-19(2)3)25(31)22-9-5-8-21(16-22)12-11-20-7-6-10-23(28)14-13-20;1-2/h5,7-9,13-14,16,19,23-24H,4,6,10,15,17-18H2,1-3H3,(H,29,34)(H,32,33);1-2H3. The predicted molar refractivity (Wildman–Crippen MR) is 157 cm³/mol. The second-order valence-electron chi connectivity index (χ2n) is 8.67. The molecule has 0 heterocycles. The maximum absolute atomic E-state index is 13.2. The molecule has 6 nitrogen and oxygen atoms in total. The number of urea groups is 1. The van der Waals surface area contributed by atoms with Gasteiger partial charge in [-0.25, -0.2) is 9.59 Å². The zero-order valence-electron chi connectivity index (χ0n) is 22.4. The number of nitrogens with zero attached hydrogens (tertiary/aromatic N) is 1. The van der Waals surface area contributed by atoms with E-state index in [1.807, 2.05) is 46.8 Å². The molecule has 2 N–H and O–H groups in total. The zero-order chi connectivity index (χ0) is 27.8. The fraction of sp³-hybridized carbons (Fsp3) is 0.483. The Morgan fingerprint density at radius 2 is 1.95 bits per heavy atom. The molecular weight excluding hydrogens is 552 g/mol. The summed E-state index contributed by atoms with van der Waals surface area (Å²) in [6.45, 7) is 10.1. The van der Waals surface area contributed by atoms with Gasteiger partial charge in [0.15, 0.2) is 0 Å². The van der Waals surface area contributed by atoms with E-state index in [4.69, 9.17) is 0 Å². The number of thioether (sulfide) groups is 1. The first-order valence-corrected chi connectivity index (χ1v) is 14.9. The number of alkyl halides is 1. The molecule has 8 heteroatoms. The average molecular weight is 592 g/mol. The van der Waals surface area contributed by atoms with Crippen LogP contribution in [0.4, 0.5) is 4.79 Å². The number of hydrogen-bond donors (Lipinski definition) is 2. The lowest BCUT2D eigenvalue weighted by molar-refractivity contribution is -0.138. The summed E-state index contributed by atoms with van der Waals surface area (Å²) in [5.74, 6) is 6.06. The van der Waals surface area contributed by atoms with E-state index in [-0.39, 0.29) is 12.3 Å². The van der Waals surface area contributed by atoms with Gasteiger partial charge in [0.05, 0.1) is 0 Å². The molecule has 2 rings (SSSR count). The second-order valence-corrected chi connectivity index (χ2v) is 10.9. The van der Waals surface area contributed by atoms with E-state index in [9.17, 15) is 19.5 Å². The van der Waals surface area contributed by atoms with Crippen LogP contribution in [0.15, 0.2) is 48.1 Å². The molecule has 37 heavy (non-hydrogen) atoms. The van der Waals surface area contributed by atoms with Crippen molar-refractivity contribution in [1.82, 2.24) is 10.2 Å². The third-order valence-corrected chi connectivity index (χ3v) is 7.26. The third-order valence-electron chi connectivity index (χ3n) is 5.02. The van der Waals surface area contributed by atoms with Crippen molar-refractivity contribution in [1.29, 1.82) is 0 Å². The van der Waals surface area contributed by atoms with Crippen molar-refractivity contribution in [3.63, 3.8) is 0 Å². The number of halogens is 1. The SMILES string of the molecule is CC.CCCN(C(=O)NC(CSCC(C)C)C(=O)O)C(=O)c1cccc(C#CC2=CCCC(Br)C=C2)c1. The van der Waals surface area contributed by atoms with E-state index in [1.165, 1.54) is 11.8 Å². The van der Waals surface area contributed by atoms with E-state index in [0.29, 0.717) is 28.3 Å². The van der Waals surface area contributed by atoms with Crippen molar-refractivity contribution >= 4 is 45.6 Å². The predicted octanol–water partition coefficient (Wildman–Crippen LogP) is 6.51. The fourth-order valence-electron chi connectivity index (χ4n) is 3.24. The van der Waals surface area contributed by atoms with E-state index >= 15 is 0 Å². The Morgan fingerprint density at radius 1 is 1.22 bits per heavy atom. The number of allylic oxidation sites excluding steroid dienone is 4. The molecule has 1 aromatic carbocycles. The molecule has 202 valence electrons. The molecule has 2 unspecified atom stereocenters. The van der Waals surface area contributed by atoms with Gasteiger partial charge in [-0.05, 0) is 55.2 Å². The van der Waals surface area contributed by atoms with Crippen molar-refractivity contribution in [2.24, 2.45) is 5.92 Å². The highest BCUT2D eigenvalue weighted by Gasteiger charge is 2.27. The van der Waals surface area contributed by atoms with Crippen LogP contribution >= 0.6 is 27.7 Å². The van der Waals surface area contributed by atoms with E-state index < -0.39 is 23.9 Å². The molecule has 0 fully saturated rings. The monoisotopic (exact) mass is 590 g/mol. The van der Waals surface area contributed by atoms with Gasteiger partial charge in [0.1, 0.15) is 6.04 Å². The minimum absolute atomic E-state index is 0.178. The molecule has 0 aromatic heterocycles. The smallest absolute Gasteiger partial charge is 0.327 e. The van der Waals surface area contributed by atoms with E-state index in [1.54, 1.807) is 18.2 Å². The Kier molecular flexibility index (Phi) is 15.7. The van der Waals surface area contributed by atoms with Crippen LogP contribution < -0.4 is 5.32 Å². The van der Waals surface area contributed by atoms with Gasteiger partial charge in [-0.3, -0.25) is 9.69 Å². The quantitative estimate of drug-likeness (QED) is 0.253. The Bertz CT molecular complexity index is 1030. The summed E-state index contributed by atoms with van der Waals surface area (Å²) in [6.07, 6.45) is 8.64. The van der Waals surface area contributed by atoms with Gasteiger partial charge in [0, 0.05) is 33.8 Å². The average Bonchev–Trinajstić information content (AvgIpc) is 3.09. The Hall–Kier alpha value is -2.50. The highest BCUT2D eigenvalue weighted by atomic mass is 79.9. The second kappa shape index (κ2) is 17.9. The van der Waals surface area contributed by atoms with Gasteiger partial charge in [-0.2, -0.15) is 11.8 Å². The molecule has 0 bridgehead atoms. The number of carbonyl (C=O) groups is 3. The largest absolute Gasteiger partial charge is 0.480 e. The summed E-state index contributed by atoms with van der Waals surface area (Å²) in [6, 6.07) is 5.06. The first kappa shape index (κ1) is 32.5. The van der Waals surface area contributed by atoms with Crippen LogP contribution in [-0.4, -0.2) is 56.8 Å². The normalized spacial score (nSPS) is 15.2. The van der Waals surface area contributed by atoms with Crippen molar-refractivity contribution < 1.29 is 19.5 Å². The molecular formula is C29H39BrN2O4S. The lowest BCUT2D eigenvalue weighted by Gasteiger charge is -2.23. The van der Waals surface area contributed by atoms with Gasteiger partial charge in [-0.15, -0.1) is 0 Å². The van der Waals surface area contributed by atoms with Crippen molar-refractivity contribution in [2.45, 2.75) is 64.8 Å². The fourth-order valence-corrected chi connectivity index (χ4v) is 4.72. The number of hydrogen-bond acceptors (Lipinski definition) is 4. The van der Waals surface area contributed by atoms with E-state index in [0.717, 1.165) is 29.1 Å². The Balaban J connectivity index is 0.00000334. The topological polar surface area (TPSA) is 86.7 Å².